The van der Waals surface area contributed by atoms with Crippen LogP contribution >= 0.6 is 0 Å². The Kier molecular flexibility index (Phi) is 4.38. The van der Waals surface area contributed by atoms with Gasteiger partial charge in [0.05, 0.1) is 11.2 Å². The Morgan fingerprint density at radius 2 is 1.83 bits per heavy atom. The van der Waals surface area contributed by atoms with Gasteiger partial charge in [-0.3, -0.25) is 9.78 Å². The fourth-order valence-corrected chi connectivity index (χ4v) is 2.69. The van der Waals surface area contributed by atoms with Crippen molar-refractivity contribution >= 4 is 22.5 Å². The lowest BCUT2D eigenvalue weighted by Crippen LogP contribution is -2.12. The number of rotatable bonds is 4. The van der Waals surface area contributed by atoms with Gasteiger partial charge in [-0.05, 0) is 43.0 Å². The van der Waals surface area contributed by atoms with Crippen LogP contribution in [0.5, 0.6) is 0 Å². The smallest absolute Gasteiger partial charge is 0.224 e. The van der Waals surface area contributed by atoms with Crippen LogP contribution in [0.1, 0.15) is 23.1 Å². The number of hydrogen-bond acceptors (Lipinski definition) is 2. The fraction of sp³-hybridized carbons (Fsp3) is 0.200. The summed E-state index contributed by atoms with van der Waals surface area (Å²) in [5.74, 6) is 0.0274. The second-order valence-electron chi connectivity index (χ2n) is 5.80. The molecule has 1 N–H and O–H groups in total. The van der Waals surface area contributed by atoms with Gasteiger partial charge in [-0.25, -0.2) is 0 Å². The van der Waals surface area contributed by atoms with Crippen molar-refractivity contribution in [2.24, 2.45) is 0 Å². The summed E-state index contributed by atoms with van der Waals surface area (Å²) >= 11 is 0. The molecule has 116 valence electrons. The van der Waals surface area contributed by atoms with Crippen LogP contribution in [0.15, 0.2) is 54.7 Å². The molecule has 0 unspecified atom stereocenters. The van der Waals surface area contributed by atoms with Crippen LogP contribution in [0, 0.1) is 13.8 Å². The van der Waals surface area contributed by atoms with Crippen molar-refractivity contribution in [2.45, 2.75) is 26.7 Å². The highest BCUT2D eigenvalue weighted by atomic mass is 16.1. The first-order valence-corrected chi connectivity index (χ1v) is 7.84. The van der Waals surface area contributed by atoms with E-state index in [-0.39, 0.29) is 5.91 Å². The first kappa shape index (κ1) is 15.2. The molecule has 0 fully saturated rings. The van der Waals surface area contributed by atoms with E-state index in [1.165, 1.54) is 11.1 Å². The number of carbonyl (C=O) groups excluding carboxylic acids is 1. The number of fused-ring (bicyclic) bond motifs is 1. The molecule has 2 aromatic carbocycles. The third kappa shape index (κ3) is 3.39. The zero-order chi connectivity index (χ0) is 16.2. The van der Waals surface area contributed by atoms with E-state index < -0.39 is 0 Å². The summed E-state index contributed by atoms with van der Waals surface area (Å²) in [6.45, 7) is 4.13. The van der Waals surface area contributed by atoms with Crippen molar-refractivity contribution in [3.63, 3.8) is 0 Å². The topological polar surface area (TPSA) is 42.0 Å². The average Bonchev–Trinajstić information content (AvgIpc) is 2.58. The van der Waals surface area contributed by atoms with Gasteiger partial charge in [-0.15, -0.1) is 0 Å². The van der Waals surface area contributed by atoms with Crippen molar-refractivity contribution in [3.8, 4) is 0 Å². The molecule has 0 aliphatic rings. The summed E-state index contributed by atoms with van der Waals surface area (Å²) < 4.78 is 0. The number of carbonyl (C=O) groups is 1. The zero-order valence-electron chi connectivity index (χ0n) is 13.5. The van der Waals surface area contributed by atoms with Crippen molar-refractivity contribution in [3.05, 3.63) is 71.4 Å². The van der Waals surface area contributed by atoms with Crippen LogP contribution in [0.25, 0.3) is 10.9 Å². The molecule has 0 saturated heterocycles. The predicted octanol–water partition coefficient (Wildman–Crippen LogP) is 4.42. The molecule has 0 aliphatic heterocycles. The van der Waals surface area contributed by atoms with Gasteiger partial charge in [0.2, 0.25) is 5.91 Å². The fourth-order valence-electron chi connectivity index (χ4n) is 2.69. The largest absolute Gasteiger partial charge is 0.325 e. The molecule has 1 amide bonds. The van der Waals surface area contributed by atoms with E-state index in [4.69, 9.17) is 0 Å². The lowest BCUT2D eigenvalue weighted by atomic mass is 10.0. The Labute approximate surface area is 136 Å². The summed E-state index contributed by atoms with van der Waals surface area (Å²) in [5, 5.41) is 4.01. The molecule has 3 rings (SSSR count). The van der Waals surface area contributed by atoms with Gasteiger partial charge in [0.1, 0.15) is 0 Å². The zero-order valence-corrected chi connectivity index (χ0v) is 13.5. The van der Waals surface area contributed by atoms with Crippen LogP contribution in [-0.2, 0) is 11.2 Å². The molecule has 0 bridgehead atoms. The summed E-state index contributed by atoms with van der Waals surface area (Å²) in [4.78, 5) is 16.7. The Hall–Kier alpha value is -2.68. The number of aromatic nitrogens is 1. The van der Waals surface area contributed by atoms with Gasteiger partial charge in [-0.1, -0.05) is 42.5 Å². The minimum absolute atomic E-state index is 0.0274. The lowest BCUT2D eigenvalue weighted by Gasteiger charge is -2.11. The average molecular weight is 304 g/mol. The Balaban J connectivity index is 1.76. The molecule has 3 aromatic rings. The van der Waals surface area contributed by atoms with E-state index in [9.17, 15) is 4.79 Å². The van der Waals surface area contributed by atoms with E-state index in [0.717, 1.165) is 28.6 Å². The molecule has 1 heterocycles. The van der Waals surface area contributed by atoms with Gasteiger partial charge in [0.15, 0.2) is 0 Å². The highest BCUT2D eigenvalue weighted by Gasteiger charge is 2.09. The molecule has 3 heteroatoms. The summed E-state index contributed by atoms with van der Waals surface area (Å²) in [6.07, 6.45) is 2.97. The molecule has 0 radical (unpaired) electrons. The van der Waals surface area contributed by atoms with Crippen LogP contribution < -0.4 is 5.32 Å². The number of nitrogens with zero attached hydrogens (tertiary/aromatic N) is 1. The van der Waals surface area contributed by atoms with Gasteiger partial charge in [0, 0.05) is 18.0 Å². The van der Waals surface area contributed by atoms with Gasteiger partial charge >= 0.3 is 0 Å². The predicted molar refractivity (Wildman–Crippen MR) is 94.6 cm³/mol. The third-order valence-corrected chi connectivity index (χ3v) is 4.19. The van der Waals surface area contributed by atoms with Gasteiger partial charge < -0.3 is 5.32 Å². The molecule has 0 spiro atoms. The Bertz CT molecular complexity index is 841. The van der Waals surface area contributed by atoms with Crippen LogP contribution in [0.4, 0.5) is 5.69 Å². The summed E-state index contributed by atoms with van der Waals surface area (Å²) in [5.41, 5.74) is 5.32. The Morgan fingerprint density at radius 1 is 1.04 bits per heavy atom. The van der Waals surface area contributed by atoms with Gasteiger partial charge in [0.25, 0.3) is 0 Å². The highest BCUT2D eigenvalue weighted by molar-refractivity contribution is 6.01. The number of anilines is 1. The molecule has 3 nitrogen and oxygen atoms in total. The van der Waals surface area contributed by atoms with Crippen molar-refractivity contribution in [1.29, 1.82) is 0 Å². The van der Waals surface area contributed by atoms with E-state index in [0.29, 0.717) is 6.42 Å². The lowest BCUT2D eigenvalue weighted by molar-refractivity contribution is -0.116. The quantitative estimate of drug-likeness (QED) is 0.775. The van der Waals surface area contributed by atoms with E-state index in [1.54, 1.807) is 6.20 Å². The van der Waals surface area contributed by atoms with Gasteiger partial charge in [-0.2, -0.15) is 0 Å². The summed E-state index contributed by atoms with van der Waals surface area (Å²) in [7, 11) is 0. The van der Waals surface area contributed by atoms with E-state index in [1.807, 2.05) is 42.5 Å². The molecule has 1 aromatic heterocycles. The van der Waals surface area contributed by atoms with E-state index in [2.05, 4.69) is 30.2 Å². The summed E-state index contributed by atoms with van der Waals surface area (Å²) in [6, 6.07) is 16.0. The molecule has 23 heavy (non-hydrogen) atoms. The minimum Gasteiger partial charge on any atom is -0.325 e. The minimum atomic E-state index is 0.0274. The number of amides is 1. The second-order valence-corrected chi connectivity index (χ2v) is 5.80. The van der Waals surface area contributed by atoms with Crippen molar-refractivity contribution in [2.75, 3.05) is 5.32 Å². The molecule has 0 saturated carbocycles. The van der Waals surface area contributed by atoms with Crippen molar-refractivity contribution in [1.82, 2.24) is 4.98 Å². The van der Waals surface area contributed by atoms with Crippen LogP contribution in [0.3, 0.4) is 0 Å². The SMILES string of the molecule is Cc1ccc2c(NC(=O)CCc3ccccc3)ccnc2c1C. The monoisotopic (exact) mass is 304 g/mol. The standard InChI is InChI=1S/C20H20N2O/c1-14-8-10-17-18(12-13-21-20(17)15(14)2)22-19(23)11-9-16-6-4-3-5-7-16/h3-8,10,12-13H,9,11H2,1-2H3,(H,21,22,23). The Morgan fingerprint density at radius 3 is 2.61 bits per heavy atom. The van der Waals surface area contributed by atoms with Crippen LogP contribution in [-0.4, -0.2) is 10.9 Å². The number of hydrogen-bond donors (Lipinski definition) is 1. The molecular weight excluding hydrogens is 284 g/mol. The maximum atomic E-state index is 12.2. The van der Waals surface area contributed by atoms with E-state index >= 15 is 0 Å². The maximum Gasteiger partial charge on any atom is 0.224 e. The maximum absolute atomic E-state index is 12.2. The normalized spacial score (nSPS) is 10.7. The number of nitrogens with one attached hydrogen (secondary N) is 1. The number of pyridine rings is 1. The first-order chi connectivity index (χ1) is 11.1. The van der Waals surface area contributed by atoms with Crippen LogP contribution in [0.2, 0.25) is 0 Å². The van der Waals surface area contributed by atoms with Crippen molar-refractivity contribution < 1.29 is 4.79 Å². The highest BCUT2D eigenvalue weighted by Crippen LogP contribution is 2.26. The molecular formula is C20H20N2O. The third-order valence-electron chi connectivity index (χ3n) is 4.19. The number of benzene rings is 2. The number of aryl methyl sites for hydroxylation is 3. The molecule has 0 aliphatic carbocycles. The molecule has 0 atom stereocenters. The first-order valence-electron chi connectivity index (χ1n) is 7.84. The second kappa shape index (κ2) is 6.61.